The van der Waals surface area contributed by atoms with Crippen molar-refractivity contribution >= 4 is 0 Å². The first-order chi connectivity index (χ1) is 9.41. The molecule has 1 aliphatic rings. The maximum atomic E-state index is 9.81. The lowest BCUT2D eigenvalue weighted by Gasteiger charge is -2.15. The van der Waals surface area contributed by atoms with E-state index in [-0.39, 0.29) is 5.60 Å². The van der Waals surface area contributed by atoms with Crippen molar-refractivity contribution < 1.29 is 5.11 Å². The summed E-state index contributed by atoms with van der Waals surface area (Å²) in [4.78, 5) is 0. The van der Waals surface area contributed by atoms with E-state index in [0.29, 0.717) is 0 Å². The quantitative estimate of drug-likeness (QED) is 0.469. The third-order valence-corrected chi connectivity index (χ3v) is 5.04. The standard InChI is InChI=1S/C19H38O/c1-16(2)8-5-9-17(3)10-6-11-18(4)12-7-13-19(20)14-15-19/h16-18,20H,5-15H2,1-4H3. The molecule has 1 heteroatoms. The second-order valence-electron chi connectivity index (χ2n) is 8.08. The van der Waals surface area contributed by atoms with Gasteiger partial charge in [0.2, 0.25) is 0 Å². The first-order valence-electron chi connectivity index (χ1n) is 9.13. The SMILES string of the molecule is CC(C)CCCC(C)CCCC(C)CCCC1(O)CC1. The molecule has 1 rings (SSSR count). The fraction of sp³-hybridized carbons (Fsp3) is 1.00. The van der Waals surface area contributed by atoms with E-state index in [4.69, 9.17) is 0 Å². The topological polar surface area (TPSA) is 20.2 Å². The zero-order chi connectivity index (χ0) is 15.0. The van der Waals surface area contributed by atoms with Crippen LogP contribution < -0.4 is 0 Å². The van der Waals surface area contributed by atoms with Crippen molar-refractivity contribution in [1.82, 2.24) is 0 Å². The van der Waals surface area contributed by atoms with Gasteiger partial charge in [-0.05, 0) is 37.0 Å². The minimum absolute atomic E-state index is 0.231. The van der Waals surface area contributed by atoms with Gasteiger partial charge in [0.1, 0.15) is 0 Å². The highest BCUT2D eigenvalue weighted by atomic mass is 16.3. The Kier molecular flexibility index (Phi) is 8.17. The third-order valence-electron chi connectivity index (χ3n) is 5.04. The van der Waals surface area contributed by atoms with Crippen molar-refractivity contribution in [3.05, 3.63) is 0 Å². The second kappa shape index (κ2) is 9.07. The zero-order valence-corrected chi connectivity index (χ0v) is 14.5. The summed E-state index contributed by atoms with van der Waals surface area (Å²) >= 11 is 0. The van der Waals surface area contributed by atoms with E-state index in [1.165, 1.54) is 51.4 Å². The maximum absolute atomic E-state index is 9.81. The molecule has 0 aromatic rings. The molecule has 0 aromatic carbocycles. The molecule has 0 spiro atoms. The van der Waals surface area contributed by atoms with Crippen LogP contribution >= 0.6 is 0 Å². The van der Waals surface area contributed by atoms with Gasteiger partial charge in [-0.25, -0.2) is 0 Å². The van der Waals surface area contributed by atoms with Crippen LogP contribution in [0.3, 0.4) is 0 Å². The summed E-state index contributed by atoms with van der Waals surface area (Å²) in [5.41, 5.74) is -0.231. The van der Waals surface area contributed by atoms with Crippen LogP contribution in [0.15, 0.2) is 0 Å². The van der Waals surface area contributed by atoms with Crippen LogP contribution in [0, 0.1) is 17.8 Å². The largest absolute Gasteiger partial charge is 0.390 e. The maximum Gasteiger partial charge on any atom is 0.0650 e. The fourth-order valence-electron chi connectivity index (χ4n) is 3.15. The van der Waals surface area contributed by atoms with E-state index < -0.39 is 0 Å². The first-order valence-corrected chi connectivity index (χ1v) is 9.13. The van der Waals surface area contributed by atoms with Crippen LogP contribution in [0.2, 0.25) is 0 Å². The molecule has 0 saturated heterocycles. The highest BCUT2D eigenvalue weighted by Gasteiger charge is 2.39. The average molecular weight is 283 g/mol. The lowest BCUT2D eigenvalue weighted by atomic mass is 9.91. The molecule has 1 saturated carbocycles. The van der Waals surface area contributed by atoms with Gasteiger partial charge in [-0.3, -0.25) is 0 Å². The van der Waals surface area contributed by atoms with E-state index in [1.54, 1.807) is 0 Å². The Labute approximate surface area is 127 Å². The summed E-state index contributed by atoms with van der Waals surface area (Å²) in [6.07, 6.45) is 14.1. The monoisotopic (exact) mass is 282 g/mol. The van der Waals surface area contributed by atoms with Crippen LogP contribution in [0.1, 0.15) is 98.3 Å². The summed E-state index contributed by atoms with van der Waals surface area (Å²) in [6, 6.07) is 0. The third kappa shape index (κ3) is 9.00. The van der Waals surface area contributed by atoms with Gasteiger partial charge < -0.3 is 5.11 Å². The molecule has 20 heavy (non-hydrogen) atoms. The average Bonchev–Trinajstić information content (AvgIpc) is 3.07. The van der Waals surface area contributed by atoms with E-state index in [1.807, 2.05) is 0 Å². The predicted octanol–water partition coefficient (Wildman–Crippen LogP) is 5.95. The summed E-state index contributed by atoms with van der Waals surface area (Å²) in [6.45, 7) is 9.46. The Balaban J connectivity index is 1.90. The van der Waals surface area contributed by atoms with Gasteiger partial charge in [-0.1, -0.05) is 79.1 Å². The first kappa shape index (κ1) is 18.0. The van der Waals surface area contributed by atoms with Crippen molar-refractivity contribution in [1.29, 1.82) is 0 Å². The Morgan fingerprint density at radius 3 is 1.65 bits per heavy atom. The molecule has 0 aromatic heterocycles. The zero-order valence-electron chi connectivity index (χ0n) is 14.5. The Bertz CT molecular complexity index is 242. The minimum Gasteiger partial charge on any atom is -0.390 e. The van der Waals surface area contributed by atoms with Gasteiger partial charge in [-0.15, -0.1) is 0 Å². The molecular formula is C19H38O. The summed E-state index contributed by atoms with van der Waals surface area (Å²) in [7, 11) is 0. The number of hydrogen-bond acceptors (Lipinski definition) is 1. The Morgan fingerprint density at radius 1 is 0.750 bits per heavy atom. The van der Waals surface area contributed by atoms with Crippen molar-refractivity contribution in [2.24, 2.45) is 17.8 Å². The highest BCUT2D eigenvalue weighted by molar-refractivity contribution is 4.92. The van der Waals surface area contributed by atoms with Gasteiger partial charge in [0.05, 0.1) is 5.60 Å². The van der Waals surface area contributed by atoms with Crippen LogP contribution in [-0.2, 0) is 0 Å². The smallest absolute Gasteiger partial charge is 0.0650 e. The molecular weight excluding hydrogens is 244 g/mol. The van der Waals surface area contributed by atoms with Crippen molar-refractivity contribution in [2.45, 2.75) is 104 Å². The van der Waals surface area contributed by atoms with Gasteiger partial charge in [0, 0.05) is 0 Å². The fourth-order valence-corrected chi connectivity index (χ4v) is 3.15. The van der Waals surface area contributed by atoms with Gasteiger partial charge in [0.25, 0.3) is 0 Å². The van der Waals surface area contributed by atoms with Crippen LogP contribution in [0.25, 0.3) is 0 Å². The van der Waals surface area contributed by atoms with Crippen LogP contribution in [-0.4, -0.2) is 10.7 Å². The van der Waals surface area contributed by atoms with Gasteiger partial charge in [-0.2, -0.15) is 0 Å². The molecule has 0 aliphatic heterocycles. The lowest BCUT2D eigenvalue weighted by Crippen LogP contribution is -2.07. The molecule has 0 heterocycles. The summed E-state index contributed by atoms with van der Waals surface area (Å²) in [5, 5.41) is 9.81. The van der Waals surface area contributed by atoms with Gasteiger partial charge >= 0.3 is 0 Å². The van der Waals surface area contributed by atoms with Crippen molar-refractivity contribution in [3.63, 3.8) is 0 Å². The van der Waals surface area contributed by atoms with Crippen LogP contribution in [0.5, 0.6) is 0 Å². The number of hydrogen-bond donors (Lipinski definition) is 1. The molecule has 2 unspecified atom stereocenters. The van der Waals surface area contributed by atoms with E-state index in [2.05, 4.69) is 27.7 Å². The molecule has 1 aliphatic carbocycles. The normalized spacial score (nSPS) is 20.1. The van der Waals surface area contributed by atoms with E-state index in [0.717, 1.165) is 37.0 Å². The molecule has 0 bridgehead atoms. The molecule has 0 amide bonds. The molecule has 1 nitrogen and oxygen atoms in total. The lowest BCUT2D eigenvalue weighted by molar-refractivity contribution is 0.134. The molecule has 0 radical (unpaired) electrons. The van der Waals surface area contributed by atoms with Crippen molar-refractivity contribution in [2.75, 3.05) is 0 Å². The molecule has 120 valence electrons. The summed E-state index contributed by atoms with van der Waals surface area (Å²) in [5.74, 6) is 2.62. The Morgan fingerprint density at radius 2 is 1.20 bits per heavy atom. The molecule has 2 atom stereocenters. The Hall–Kier alpha value is -0.0400. The van der Waals surface area contributed by atoms with Gasteiger partial charge in [0.15, 0.2) is 0 Å². The van der Waals surface area contributed by atoms with Crippen molar-refractivity contribution in [3.8, 4) is 0 Å². The molecule has 1 N–H and O–H groups in total. The van der Waals surface area contributed by atoms with E-state index in [9.17, 15) is 5.11 Å². The van der Waals surface area contributed by atoms with E-state index >= 15 is 0 Å². The highest BCUT2D eigenvalue weighted by Crippen LogP contribution is 2.40. The summed E-state index contributed by atoms with van der Waals surface area (Å²) < 4.78 is 0. The molecule has 1 fully saturated rings. The predicted molar refractivity (Wildman–Crippen MR) is 88.9 cm³/mol. The number of aliphatic hydroxyl groups is 1. The number of rotatable bonds is 12. The minimum atomic E-state index is -0.231. The second-order valence-corrected chi connectivity index (χ2v) is 8.08. The van der Waals surface area contributed by atoms with Crippen LogP contribution in [0.4, 0.5) is 0 Å².